The molecule has 0 radical (unpaired) electrons. The van der Waals surface area contributed by atoms with Gasteiger partial charge in [0.15, 0.2) is 0 Å². The van der Waals surface area contributed by atoms with Crippen molar-refractivity contribution < 1.29 is 0 Å². The number of aryl methyl sites for hydroxylation is 1. The van der Waals surface area contributed by atoms with E-state index in [-0.39, 0.29) is 0 Å². The molecule has 0 bridgehead atoms. The van der Waals surface area contributed by atoms with E-state index in [4.69, 9.17) is 0 Å². The summed E-state index contributed by atoms with van der Waals surface area (Å²) in [6.45, 7) is 3.39. The third-order valence-corrected chi connectivity index (χ3v) is 3.86. The van der Waals surface area contributed by atoms with Gasteiger partial charge in [-0.3, -0.25) is 0 Å². The Morgan fingerprint density at radius 3 is 2.73 bits per heavy atom. The minimum absolute atomic E-state index is 0.534. The predicted molar refractivity (Wildman–Crippen MR) is 62.9 cm³/mol. The molecule has 1 fully saturated rings. The highest BCUT2D eigenvalue weighted by atomic mass is 15.2. The first-order valence-corrected chi connectivity index (χ1v) is 5.97. The number of hydrogen-bond acceptors (Lipinski definition) is 2. The standard InChI is InChI=1S/C12H21N3/c1-3-12(6-4-5-7-12)10-14-11-13-8-9-15(11)2/h8-9H,3-7,10H2,1-2H3,(H,13,14). The lowest BCUT2D eigenvalue weighted by molar-refractivity contribution is 0.306. The van der Waals surface area contributed by atoms with Gasteiger partial charge in [0.2, 0.25) is 5.95 Å². The van der Waals surface area contributed by atoms with Crippen molar-refractivity contribution in [1.82, 2.24) is 9.55 Å². The molecule has 1 saturated carbocycles. The van der Waals surface area contributed by atoms with Gasteiger partial charge in [0.05, 0.1) is 0 Å². The van der Waals surface area contributed by atoms with Crippen LogP contribution in [0.25, 0.3) is 0 Å². The van der Waals surface area contributed by atoms with Crippen LogP contribution in [0.1, 0.15) is 39.0 Å². The minimum Gasteiger partial charge on any atom is -0.355 e. The Balaban J connectivity index is 1.94. The molecule has 3 heteroatoms. The average molecular weight is 207 g/mol. The van der Waals surface area contributed by atoms with Crippen LogP contribution in [0.15, 0.2) is 12.4 Å². The summed E-state index contributed by atoms with van der Waals surface area (Å²) in [7, 11) is 2.03. The van der Waals surface area contributed by atoms with Gasteiger partial charge in [-0.15, -0.1) is 0 Å². The van der Waals surface area contributed by atoms with Crippen LogP contribution in [0.4, 0.5) is 5.95 Å². The van der Waals surface area contributed by atoms with Crippen molar-refractivity contribution >= 4 is 5.95 Å². The van der Waals surface area contributed by atoms with E-state index in [0.717, 1.165) is 12.5 Å². The fourth-order valence-electron chi connectivity index (χ4n) is 2.58. The molecule has 1 aliphatic carbocycles. The first-order valence-electron chi connectivity index (χ1n) is 5.97. The third-order valence-electron chi connectivity index (χ3n) is 3.86. The Morgan fingerprint density at radius 2 is 2.20 bits per heavy atom. The van der Waals surface area contributed by atoms with Crippen LogP contribution in [-0.2, 0) is 7.05 Å². The van der Waals surface area contributed by atoms with E-state index in [1.807, 2.05) is 24.0 Å². The summed E-state index contributed by atoms with van der Waals surface area (Å²) >= 11 is 0. The SMILES string of the molecule is CCC1(CNc2nccn2C)CCCC1. The molecule has 1 aliphatic rings. The van der Waals surface area contributed by atoms with Gasteiger partial charge in [0, 0.05) is 26.0 Å². The van der Waals surface area contributed by atoms with Gasteiger partial charge in [0.1, 0.15) is 0 Å². The molecular weight excluding hydrogens is 186 g/mol. The summed E-state index contributed by atoms with van der Waals surface area (Å²) in [5, 5.41) is 3.48. The Morgan fingerprint density at radius 1 is 1.47 bits per heavy atom. The first-order chi connectivity index (χ1) is 7.26. The predicted octanol–water partition coefficient (Wildman–Crippen LogP) is 2.80. The van der Waals surface area contributed by atoms with E-state index in [9.17, 15) is 0 Å². The van der Waals surface area contributed by atoms with Crippen molar-refractivity contribution in [3.05, 3.63) is 12.4 Å². The van der Waals surface area contributed by atoms with E-state index in [1.165, 1.54) is 32.1 Å². The van der Waals surface area contributed by atoms with Crippen LogP contribution in [0.2, 0.25) is 0 Å². The van der Waals surface area contributed by atoms with Gasteiger partial charge in [-0.05, 0) is 24.7 Å². The molecule has 3 nitrogen and oxygen atoms in total. The molecule has 0 aliphatic heterocycles. The van der Waals surface area contributed by atoms with E-state index in [2.05, 4.69) is 17.2 Å². The maximum atomic E-state index is 4.29. The Kier molecular flexibility index (Phi) is 2.98. The van der Waals surface area contributed by atoms with Gasteiger partial charge in [0.25, 0.3) is 0 Å². The number of hydrogen-bond donors (Lipinski definition) is 1. The molecule has 2 rings (SSSR count). The molecule has 1 heterocycles. The van der Waals surface area contributed by atoms with E-state index in [1.54, 1.807) is 0 Å². The maximum absolute atomic E-state index is 4.29. The molecule has 0 amide bonds. The van der Waals surface area contributed by atoms with Crippen LogP contribution in [0.3, 0.4) is 0 Å². The molecule has 15 heavy (non-hydrogen) atoms. The molecular formula is C12H21N3. The van der Waals surface area contributed by atoms with Gasteiger partial charge >= 0.3 is 0 Å². The van der Waals surface area contributed by atoms with Crippen LogP contribution in [0, 0.1) is 5.41 Å². The van der Waals surface area contributed by atoms with E-state index in [0.29, 0.717) is 5.41 Å². The summed E-state index contributed by atoms with van der Waals surface area (Å²) in [6.07, 6.45) is 10.7. The largest absolute Gasteiger partial charge is 0.355 e. The smallest absolute Gasteiger partial charge is 0.202 e. The number of nitrogens with zero attached hydrogens (tertiary/aromatic N) is 2. The topological polar surface area (TPSA) is 29.9 Å². The number of nitrogens with one attached hydrogen (secondary N) is 1. The van der Waals surface area contributed by atoms with Gasteiger partial charge < -0.3 is 9.88 Å². The second kappa shape index (κ2) is 4.25. The first kappa shape index (κ1) is 10.5. The fourth-order valence-corrected chi connectivity index (χ4v) is 2.58. The number of aromatic nitrogens is 2. The molecule has 0 atom stereocenters. The molecule has 1 N–H and O–H groups in total. The van der Waals surface area contributed by atoms with Crippen LogP contribution < -0.4 is 5.32 Å². The molecule has 1 aromatic rings. The van der Waals surface area contributed by atoms with Crippen molar-refractivity contribution in [1.29, 1.82) is 0 Å². The van der Waals surface area contributed by atoms with Crippen molar-refractivity contribution in [3.63, 3.8) is 0 Å². The Labute approximate surface area is 91.9 Å². The van der Waals surface area contributed by atoms with Crippen molar-refractivity contribution in [2.45, 2.75) is 39.0 Å². The summed E-state index contributed by atoms with van der Waals surface area (Å²) in [5.41, 5.74) is 0.534. The van der Waals surface area contributed by atoms with Gasteiger partial charge in [-0.25, -0.2) is 4.98 Å². The molecule has 0 saturated heterocycles. The summed E-state index contributed by atoms with van der Waals surface area (Å²) in [4.78, 5) is 4.29. The maximum Gasteiger partial charge on any atom is 0.202 e. The Hall–Kier alpha value is -0.990. The lowest BCUT2D eigenvalue weighted by Crippen LogP contribution is -2.26. The van der Waals surface area contributed by atoms with Crippen LogP contribution in [-0.4, -0.2) is 16.1 Å². The highest BCUT2D eigenvalue weighted by Gasteiger charge is 2.31. The van der Waals surface area contributed by atoms with Crippen LogP contribution in [0.5, 0.6) is 0 Å². The van der Waals surface area contributed by atoms with E-state index >= 15 is 0 Å². The molecule has 0 unspecified atom stereocenters. The quantitative estimate of drug-likeness (QED) is 0.822. The summed E-state index contributed by atoms with van der Waals surface area (Å²) in [6, 6.07) is 0. The third kappa shape index (κ3) is 2.16. The summed E-state index contributed by atoms with van der Waals surface area (Å²) < 4.78 is 2.04. The second-order valence-corrected chi connectivity index (χ2v) is 4.78. The number of rotatable bonds is 4. The zero-order valence-corrected chi connectivity index (χ0v) is 9.79. The monoisotopic (exact) mass is 207 g/mol. The number of anilines is 1. The molecule has 84 valence electrons. The van der Waals surface area contributed by atoms with Gasteiger partial charge in [-0.2, -0.15) is 0 Å². The summed E-state index contributed by atoms with van der Waals surface area (Å²) in [5.74, 6) is 0.995. The van der Waals surface area contributed by atoms with Crippen molar-refractivity contribution in [3.8, 4) is 0 Å². The Bertz CT molecular complexity index is 310. The molecule has 1 aromatic heterocycles. The minimum atomic E-state index is 0.534. The lowest BCUT2D eigenvalue weighted by atomic mass is 9.83. The highest BCUT2D eigenvalue weighted by molar-refractivity contribution is 5.25. The second-order valence-electron chi connectivity index (χ2n) is 4.78. The lowest BCUT2D eigenvalue weighted by Gasteiger charge is -2.27. The molecule has 0 aromatic carbocycles. The number of imidazole rings is 1. The van der Waals surface area contributed by atoms with Crippen LogP contribution >= 0.6 is 0 Å². The van der Waals surface area contributed by atoms with Crippen molar-refractivity contribution in [2.75, 3.05) is 11.9 Å². The van der Waals surface area contributed by atoms with Gasteiger partial charge in [-0.1, -0.05) is 19.8 Å². The highest BCUT2D eigenvalue weighted by Crippen LogP contribution is 2.40. The molecule has 0 spiro atoms. The fraction of sp³-hybridized carbons (Fsp3) is 0.750. The van der Waals surface area contributed by atoms with E-state index < -0.39 is 0 Å². The van der Waals surface area contributed by atoms with Crippen molar-refractivity contribution in [2.24, 2.45) is 12.5 Å². The normalized spacial score (nSPS) is 19.3. The zero-order valence-electron chi connectivity index (χ0n) is 9.79. The average Bonchev–Trinajstić information content (AvgIpc) is 2.85. The zero-order chi connectivity index (χ0) is 10.7.